The third kappa shape index (κ3) is 5.81. The summed E-state index contributed by atoms with van der Waals surface area (Å²) in [5.41, 5.74) is 1.68. The van der Waals surface area contributed by atoms with Gasteiger partial charge >= 0.3 is 5.97 Å². The zero-order valence-corrected chi connectivity index (χ0v) is 22.2. The average molecular weight is 557 g/mol. The Morgan fingerprint density at radius 2 is 1.79 bits per heavy atom. The molecule has 12 nitrogen and oxygen atoms in total. The van der Waals surface area contributed by atoms with Gasteiger partial charge in [-0.2, -0.15) is 5.10 Å². The molecule has 14 heteroatoms. The second-order valence-corrected chi connectivity index (χ2v) is 11.6. The fourth-order valence-corrected chi connectivity index (χ4v) is 4.66. The molecule has 0 radical (unpaired) electrons. The number of aromatic nitrogens is 4. The molecule has 198 valence electrons. The number of amides is 2. The van der Waals surface area contributed by atoms with Gasteiger partial charge in [0, 0.05) is 35.1 Å². The van der Waals surface area contributed by atoms with Crippen LogP contribution in [0.25, 0.3) is 22.5 Å². The molecule has 2 amide bonds. The molecule has 3 heterocycles. The van der Waals surface area contributed by atoms with Crippen LogP contribution < -0.4 is 10.6 Å². The Balaban J connectivity index is 1.39. The first-order valence-corrected chi connectivity index (χ1v) is 13.9. The lowest BCUT2D eigenvalue weighted by Crippen LogP contribution is -2.36. The van der Waals surface area contributed by atoms with Gasteiger partial charge in [-0.15, -0.1) is 11.3 Å². The second-order valence-electron chi connectivity index (χ2n) is 8.85. The van der Waals surface area contributed by atoms with Gasteiger partial charge in [0.2, 0.25) is 15.9 Å². The number of nitrogens with zero attached hydrogens (tertiary/aromatic N) is 4. The van der Waals surface area contributed by atoms with Gasteiger partial charge in [-0.05, 0) is 32.0 Å². The van der Waals surface area contributed by atoms with E-state index in [1.165, 1.54) is 34.5 Å². The van der Waals surface area contributed by atoms with E-state index in [1.54, 1.807) is 31.5 Å². The Morgan fingerprint density at radius 1 is 1.08 bits per heavy atom. The lowest BCUT2D eigenvalue weighted by Gasteiger charge is -2.19. The SMILES string of the molecule is CC(C)(C(=O)O)n1ccc(-c2cccc(-c3csc(NC(=O)CNC(=O)c4ccn(S(C)(=O)=O)c4)n3)c2)n1. The molecule has 3 aromatic heterocycles. The molecule has 0 atom stereocenters. The molecule has 4 rings (SSSR count). The summed E-state index contributed by atoms with van der Waals surface area (Å²) in [6.45, 7) is 2.80. The predicted molar refractivity (Wildman–Crippen MR) is 141 cm³/mol. The third-order valence-electron chi connectivity index (χ3n) is 5.61. The van der Waals surface area contributed by atoms with Gasteiger partial charge < -0.3 is 15.7 Å². The molecule has 1 aromatic carbocycles. The number of benzene rings is 1. The highest BCUT2D eigenvalue weighted by Crippen LogP contribution is 2.29. The van der Waals surface area contributed by atoms with Gasteiger partial charge in [-0.3, -0.25) is 18.2 Å². The minimum atomic E-state index is -3.51. The Labute approximate surface area is 222 Å². The summed E-state index contributed by atoms with van der Waals surface area (Å²) in [5.74, 6) is -2.08. The van der Waals surface area contributed by atoms with Crippen LogP contribution in [0.15, 0.2) is 60.4 Å². The number of thiazole rings is 1. The monoisotopic (exact) mass is 556 g/mol. The van der Waals surface area contributed by atoms with Crippen molar-refractivity contribution in [2.24, 2.45) is 0 Å². The van der Waals surface area contributed by atoms with Crippen LogP contribution in [0, 0.1) is 0 Å². The van der Waals surface area contributed by atoms with Crippen LogP contribution in [0.2, 0.25) is 0 Å². The maximum Gasteiger partial charge on any atom is 0.331 e. The van der Waals surface area contributed by atoms with E-state index in [2.05, 4.69) is 20.7 Å². The van der Waals surface area contributed by atoms with Crippen LogP contribution in [0.5, 0.6) is 0 Å². The van der Waals surface area contributed by atoms with Gasteiger partial charge in [0.15, 0.2) is 10.7 Å². The number of carbonyl (C=O) groups excluding carboxylic acids is 2. The number of anilines is 1. The molecule has 3 N–H and O–H groups in total. The van der Waals surface area contributed by atoms with Crippen LogP contribution in [0.3, 0.4) is 0 Å². The molecule has 0 aliphatic rings. The number of aliphatic carboxylic acids is 1. The van der Waals surface area contributed by atoms with E-state index in [4.69, 9.17) is 0 Å². The summed E-state index contributed by atoms with van der Waals surface area (Å²) in [4.78, 5) is 40.5. The third-order valence-corrected chi connectivity index (χ3v) is 7.36. The van der Waals surface area contributed by atoms with Crippen molar-refractivity contribution < 1.29 is 27.9 Å². The zero-order valence-electron chi connectivity index (χ0n) is 20.6. The number of hydrogen-bond donors (Lipinski definition) is 3. The maximum absolute atomic E-state index is 12.3. The average Bonchev–Trinajstić information content (AvgIpc) is 3.63. The number of carboxylic acid groups (broad SMARTS) is 1. The Hall–Kier alpha value is -4.30. The summed E-state index contributed by atoms with van der Waals surface area (Å²) in [6, 6.07) is 10.5. The summed E-state index contributed by atoms with van der Waals surface area (Å²) < 4.78 is 25.4. The maximum atomic E-state index is 12.3. The number of rotatable bonds is 9. The second kappa shape index (κ2) is 10.2. The fraction of sp³-hybridized carbons (Fsp3) is 0.208. The topological polar surface area (TPSA) is 165 Å². The molecule has 0 bridgehead atoms. The van der Waals surface area contributed by atoms with Crippen molar-refractivity contribution in [3.8, 4) is 22.5 Å². The normalized spacial score (nSPS) is 11.8. The first-order valence-electron chi connectivity index (χ1n) is 11.2. The quantitative estimate of drug-likeness (QED) is 0.283. The van der Waals surface area contributed by atoms with Gasteiger partial charge in [0.1, 0.15) is 0 Å². The number of carboxylic acids is 1. The fourth-order valence-electron chi connectivity index (χ4n) is 3.33. The smallest absolute Gasteiger partial charge is 0.331 e. The molecule has 4 aromatic rings. The Kier molecular flexibility index (Phi) is 7.20. The van der Waals surface area contributed by atoms with Crippen molar-refractivity contribution in [3.05, 3.63) is 65.9 Å². The van der Waals surface area contributed by atoms with Crippen LogP contribution in [-0.4, -0.2) is 62.8 Å². The Morgan fingerprint density at radius 3 is 2.45 bits per heavy atom. The van der Waals surface area contributed by atoms with Crippen LogP contribution in [0.1, 0.15) is 24.2 Å². The van der Waals surface area contributed by atoms with Crippen molar-refractivity contribution in [2.45, 2.75) is 19.4 Å². The minimum absolute atomic E-state index is 0.107. The molecular formula is C24H24N6O6S2. The van der Waals surface area contributed by atoms with Gasteiger partial charge in [-0.1, -0.05) is 18.2 Å². The minimum Gasteiger partial charge on any atom is -0.479 e. The molecule has 0 aliphatic heterocycles. The van der Waals surface area contributed by atoms with Crippen LogP contribution in [-0.2, 0) is 25.2 Å². The summed E-state index contributed by atoms with van der Waals surface area (Å²) in [6.07, 6.45) is 5.05. The van der Waals surface area contributed by atoms with Crippen molar-refractivity contribution in [1.82, 2.24) is 24.1 Å². The first kappa shape index (κ1) is 26.8. The highest BCUT2D eigenvalue weighted by atomic mass is 32.2. The van der Waals surface area contributed by atoms with E-state index in [9.17, 15) is 27.9 Å². The molecular weight excluding hydrogens is 532 g/mol. The summed E-state index contributed by atoms with van der Waals surface area (Å²) >= 11 is 1.21. The van der Waals surface area contributed by atoms with E-state index in [0.717, 1.165) is 21.4 Å². The molecule has 0 fully saturated rings. The number of nitrogens with one attached hydrogen (secondary N) is 2. The van der Waals surface area contributed by atoms with E-state index < -0.39 is 33.3 Å². The van der Waals surface area contributed by atoms with Gasteiger partial charge in [0.25, 0.3) is 5.91 Å². The molecule has 0 spiro atoms. The number of hydrogen-bond acceptors (Lipinski definition) is 8. The summed E-state index contributed by atoms with van der Waals surface area (Å²) in [7, 11) is -3.51. The summed E-state index contributed by atoms with van der Waals surface area (Å²) in [5, 5.41) is 21.0. The van der Waals surface area contributed by atoms with E-state index >= 15 is 0 Å². The van der Waals surface area contributed by atoms with Crippen LogP contribution >= 0.6 is 11.3 Å². The van der Waals surface area contributed by atoms with E-state index in [-0.39, 0.29) is 12.1 Å². The standard InChI is InChI=1S/C24H24N6O6S2/c1-24(2,22(33)34)30-10-8-18(28-30)15-5-4-6-16(11-15)19-14-37-23(26-19)27-20(31)12-25-21(32)17-7-9-29(13-17)38(3,35)36/h4-11,13-14H,12H2,1-3H3,(H,25,32)(H,33,34)(H,26,27,31). The largest absolute Gasteiger partial charge is 0.479 e. The van der Waals surface area contributed by atoms with E-state index in [0.29, 0.717) is 16.5 Å². The lowest BCUT2D eigenvalue weighted by molar-refractivity contribution is -0.146. The van der Waals surface area contributed by atoms with Crippen molar-refractivity contribution in [3.63, 3.8) is 0 Å². The highest BCUT2D eigenvalue weighted by molar-refractivity contribution is 7.89. The molecule has 0 aliphatic carbocycles. The van der Waals surface area contributed by atoms with Crippen molar-refractivity contribution in [2.75, 3.05) is 18.1 Å². The molecule has 0 saturated carbocycles. The molecule has 0 unspecified atom stereocenters. The van der Waals surface area contributed by atoms with Crippen LogP contribution in [0.4, 0.5) is 5.13 Å². The van der Waals surface area contributed by atoms with Gasteiger partial charge in [0.05, 0.1) is 29.8 Å². The van der Waals surface area contributed by atoms with Gasteiger partial charge in [-0.25, -0.2) is 18.2 Å². The van der Waals surface area contributed by atoms with Crippen molar-refractivity contribution >= 4 is 44.3 Å². The molecule has 0 saturated heterocycles. The molecule has 38 heavy (non-hydrogen) atoms. The highest BCUT2D eigenvalue weighted by Gasteiger charge is 2.30. The zero-order chi connectivity index (χ0) is 27.7. The first-order chi connectivity index (χ1) is 17.8. The van der Waals surface area contributed by atoms with Crippen molar-refractivity contribution in [1.29, 1.82) is 0 Å². The van der Waals surface area contributed by atoms with E-state index in [1.807, 2.05) is 24.3 Å². The number of carbonyl (C=O) groups is 3. The predicted octanol–water partition coefficient (Wildman–Crippen LogP) is 2.47. The lowest BCUT2D eigenvalue weighted by atomic mass is 10.1. The Bertz CT molecular complexity index is 1630.